The van der Waals surface area contributed by atoms with Crippen LogP contribution in [0.4, 0.5) is 4.79 Å². The predicted molar refractivity (Wildman–Crippen MR) is 150 cm³/mol. The Morgan fingerprint density at radius 2 is 1.77 bits per heavy atom. The topological polar surface area (TPSA) is 127 Å². The van der Waals surface area contributed by atoms with Gasteiger partial charge in [0.15, 0.2) is 5.96 Å². The Morgan fingerprint density at radius 1 is 1.03 bits per heavy atom. The van der Waals surface area contributed by atoms with Gasteiger partial charge in [0.2, 0.25) is 5.91 Å². The summed E-state index contributed by atoms with van der Waals surface area (Å²) < 4.78 is 16.3. The second-order valence-corrected chi connectivity index (χ2v) is 9.10. The van der Waals surface area contributed by atoms with Gasteiger partial charge < -0.3 is 24.8 Å². The Hall–Kier alpha value is -3.79. The van der Waals surface area contributed by atoms with E-state index >= 15 is 0 Å². The van der Waals surface area contributed by atoms with E-state index < -0.39 is 18.1 Å². The van der Waals surface area contributed by atoms with Crippen molar-refractivity contribution >= 4 is 36.3 Å². The number of amides is 2. The van der Waals surface area contributed by atoms with Gasteiger partial charge in [-0.25, -0.2) is 9.59 Å². The Kier molecular flexibility index (Phi) is 13.6. The molecule has 3 N–H and O–H groups in total. The number of carbonyl (C=O) groups excluding carboxylic acids is 3. The molecule has 3 rings (SSSR count). The number of aliphatic imine (C=N–C) groups is 1. The van der Waals surface area contributed by atoms with E-state index in [1.807, 2.05) is 42.5 Å². The van der Waals surface area contributed by atoms with E-state index in [4.69, 9.17) is 14.2 Å². The molecule has 0 bridgehead atoms. The second kappa shape index (κ2) is 16.9. The molecule has 1 heterocycles. The van der Waals surface area contributed by atoms with Crippen molar-refractivity contribution in [1.29, 1.82) is 0 Å². The normalized spacial score (nSPS) is 13.2. The molecule has 11 heteroatoms. The molecule has 0 saturated carbocycles. The highest BCUT2D eigenvalue weighted by Crippen LogP contribution is 2.15. The highest BCUT2D eigenvalue weighted by atomic mass is 35.5. The van der Waals surface area contributed by atoms with Gasteiger partial charge in [-0.15, -0.1) is 12.4 Å². The van der Waals surface area contributed by atoms with E-state index in [1.54, 1.807) is 26.0 Å². The van der Waals surface area contributed by atoms with E-state index in [0.29, 0.717) is 31.2 Å². The molecule has 0 unspecified atom stereocenters. The summed E-state index contributed by atoms with van der Waals surface area (Å²) in [5.41, 5.74) is 1.65. The molecular weight excluding hydrogens is 524 g/mol. The van der Waals surface area contributed by atoms with E-state index in [9.17, 15) is 14.4 Å². The van der Waals surface area contributed by atoms with Crippen molar-refractivity contribution in [3.8, 4) is 5.75 Å². The Balaban J connectivity index is 0.00000533. The van der Waals surface area contributed by atoms with Crippen LogP contribution >= 0.6 is 12.4 Å². The van der Waals surface area contributed by atoms with Gasteiger partial charge in [0.1, 0.15) is 18.4 Å². The fraction of sp³-hybridized carbons (Fsp3) is 0.429. The first-order valence-corrected chi connectivity index (χ1v) is 12.9. The second-order valence-electron chi connectivity index (χ2n) is 9.10. The maximum atomic E-state index is 12.6. The number of guanidine groups is 1. The average Bonchev–Trinajstić information content (AvgIpc) is 2.91. The van der Waals surface area contributed by atoms with Gasteiger partial charge in [0.05, 0.1) is 12.7 Å². The molecule has 2 aromatic rings. The number of rotatable bonds is 12. The molecule has 0 spiro atoms. The molecule has 10 nitrogen and oxygen atoms in total. The van der Waals surface area contributed by atoms with Crippen LogP contribution < -0.4 is 20.7 Å². The summed E-state index contributed by atoms with van der Waals surface area (Å²) in [6, 6.07) is 15.6. The number of benzene rings is 2. The van der Waals surface area contributed by atoms with Crippen LogP contribution in [-0.2, 0) is 32.1 Å². The third kappa shape index (κ3) is 12.1. The first-order chi connectivity index (χ1) is 18.4. The third-order valence-corrected chi connectivity index (χ3v) is 5.48. The van der Waals surface area contributed by atoms with Crippen LogP contribution in [0.3, 0.4) is 0 Å². The minimum Gasteiger partial charge on any atom is -0.494 e. The van der Waals surface area contributed by atoms with Crippen LogP contribution in [0.25, 0.3) is 0 Å². The molecule has 1 atom stereocenters. The summed E-state index contributed by atoms with van der Waals surface area (Å²) >= 11 is 0. The highest BCUT2D eigenvalue weighted by Gasteiger charge is 2.24. The van der Waals surface area contributed by atoms with E-state index in [2.05, 4.69) is 20.9 Å². The lowest BCUT2D eigenvalue weighted by molar-refractivity contribution is -0.149. The monoisotopic (exact) mass is 560 g/mol. The van der Waals surface area contributed by atoms with Gasteiger partial charge >= 0.3 is 12.1 Å². The van der Waals surface area contributed by atoms with Gasteiger partial charge in [-0.3, -0.25) is 15.1 Å². The molecule has 0 radical (unpaired) electrons. The number of nitrogens with zero attached hydrogens (tertiary/aromatic N) is 1. The molecule has 0 fully saturated rings. The summed E-state index contributed by atoms with van der Waals surface area (Å²) in [4.78, 5) is 41.2. The molecule has 39 heavy (non-hydrogen) atoms. The summed E-state index contributed by atoms with van der Waals surface area (Å²) in [6.07, 6.45) is 1.05. The zero-order valence-corrected chi connectivity index (χ0v) is 23.1. The lowest BCUT2D eigenvalue weighted by Crippen LogP contribution is -2.44. The molecule has 0 aromatic heterocycles. The molecule has 1 aliphatic rings. The van der Waals surface area contributed by atoms with Crippen LogP contribution in [0, 0.1) is 0 Å². The number of carbonyl (C=O) groups is 3. The highest BCUT2D eigenvalue weighted by molar-refractivity contribution is 5.97. The predicted octanol–water partition coefficient (Wildman–Crippen LogP) is 3.52. The molecule has 0 saturated heterocycles. The van der Waals surface area contributed by atoms with Crippen LogP contribution in [0.5, 0.6) is 5.75 Å². The number of alkyl carbamates (subject to hydrolysis) is 1. The number of hydrogen-bond acceptors (Lipinski definition) is 8. The zero-order valence-electron chi connectivity index (χ0n) is 22.3. The van der Waals surface area contributed by atoms with E-state index in [-0.39, 0.29) is 37.4 Å². The minimum atomic E-state index is -0.908. The van der Waals surface area contributed by atoms with Crippen molar-refractivity contribution in [3.05, 3.63) is 65.7 Å². The van der Waals surface area contributed by atoms with Crippen molar-refractivity contribution in [2.75, 3.05) is 19.7 Å². The Bertz CT molecular complexity index is 1080. The number of halogens is 1. The van der Waals surface area contributed by atoms with Crippen molar-refractivity contribution in [1.82, 2.24) is 16.0 Å². The minimum absolute atomic E-state index is 0. The SMILES string of the molecule is CC(C)OC(=O)[C@H](Cc1ccc(OCCCC(=O)NC2=NCCCN2)cc1)NC(=O)OCc1ccccc1.Cl. The van der Waals surface area contributed by atoms with Crippen molar-refractivity contribution < 1.29 is 28.6 Å². The lowest BCUT2D eigenvalue weighted by atomic mass is 10.1. The average molecular weight is 561 g/mol. The summed E-state index contributed by atoms with van der Waals surface area (Å²) in [6.45, 7) is 5.50. The van der Waals surface area contributed by atoms with Gasteiger partial charge in [-0.2, -0.15) is 0 Å². The van der Waals surface area contributed by atoms with Gasteiger partial charge in [0, 0.05) is 25.9 Å². The maximum absolute atomic E-state index is 12.6. The first kappa shape index (κ1) is 31.4. The van der Waals surface area contributed by atoms with Crippen LogP contribution in [0.15, 0.2) is 59.6 Å². The summed E-state index contributed by atoms with van der Waals surface area (Å²) in [5, 5.41) is 8.43. The fourth-order valence-electron chi connectivity index (χ4n) is 3.61. The van der Waals surface area contributed by atoms with Crippen molar-refractivity contribution in [2.45, 2.75) is 58.3 Å². The summed E-state index contributed by atoms with van der Waals surface area (Å²) in [7, 11) is 0. The Morgan fingerprint density at radius 3 is 2.44 bits per heavy atom. The van der Waals surface area contributed by atoms with E-state index in [1.165, 1.54) is 0 Å². The molecule has 212 valence electrons. The quantitative estimate of drug-likeness (QED) is 0.268. The number of esters is 1. The number of nitrogens with one attached hydrogen (secondary N) is 3. The molecule has 2 amide bonds. The standard InChI is InChI=1S/C28H36N4O6.ClH/c1-20(2)38-26(34)24(31-28(35)37-19-22-8-4-3-5-9-22)18-21-11-13-23(14-12-21)36-17-6-10-25(33)32-27-29-15-7-16-30-27;/h3-5,8-9,11-14,20,24H,6-7,10,15-19H2,1-2H3,(H,31,35)(H2,29,30,32,33);1H/t24-;/m0./s1. The van der Waals surface area contributed by atoms with Crippen molar-refractivity contribution in [3.63, 3.8) is 0 Å². The first-order valence-electron chi connectivity index (χ1n) is 12.9. The maximum Gasteiger partial charge on any atom is 0.408 e. The van der Waals surface area contributed by atoms with Crippen LogP contribution in [0.1, 0.15) is 44.2 Å². The van der Waals surface area contributed by atoms with Crippen LogP contribution in [0.2, 0.25) is 0 Å². The zero-order chi connectivity index (χ0) is 27.2. The lowest BCUT2D eigenvalue weighted by Gasteiger charge is -2.19. The summed E-state index contributed by atoms with van der Waals surface area (Å²) in [5.74, 6) is 0.534. The van der Waals surface area contributed by atoms with Gasteiger partial charge in [-0.1, -0.05) is 42.5 Å². The molecule has 1 aliphatic heterocycles. The molecule has 2 aromatic carbocycles. The molecular formula is C28H37ClN4O6. The van der Waals surface area contributed by atoms with Gasteiger partial charge in [-0.05, 0) is 49.9 Å². The Labute approximate surface area is 235 Å². The smallest absolute Gasteiger partial charge is 0.408 e. The third-order valence-electron chi connectivity index (χ3n) is 5.48. The van der Waals surface area contributed by atoms with Crippen molar-refractivity contribution in [2.24, 2.45) is 4.99 Å². The van der Waals surface area contributed by atoms with Crippen LogP contribution in [-0.4, -0.2) is 55.8 Å². The number of ether oxygens (including phenoxy) is 3. The fourth-order valence-corrected chi connectivity index (χ4v) is 3.61. The molecule has 0 aliphatic carbocycles. The number of hydrogen-bond donors (Lipinski definition) is 3. The van der Waals surface area contributed by atoms with Gasteiger partial charge in [0.25, 0.3) is 0 Å². The largest absolute Gasteiger partial charge is 0.494 e. The van der Waals surface area contributed by atoms with E-state index in [0.717, 1.165) is 30.6 Å².